The van der Waals surface area contributed by atoms with Crippen LogP contribution in [0.5, 0.6) is 0 Å². The molecule has 2 atom stereocenters. The van der Waals surface area contributed by atoms with Crippen LogP contribution in [-0.2, 0) is 4.79 Å². The van der Waals surface area contributed by atoms with Crippen LogP contribution in [0.15, 0.2) is 18.3 Å². The van der Waals surface area contributed by atoms with Gasteiger partial charge in [-0.1, -0.05) is 20.8 Å². The maximum absolute atomic E-state index is 12.5. The lowest BCUT2D eigenvalue weighted by Gasteiger charge is -2.32. The van der Waals surface area contributed by atoms with E-state index < -0.39 is 6.04 Å². The summed E-state index contributed by atoms with van der Waals surface area (Å²) in [5.74, 6) is 0.0691. The third-order valence-corrected chi connectivity index (χ3v) is 3.72. The lowest BCUT2D eigenvalue weighted by Crippen LogP contribution is -2.50. The number of nitrogens with one attached hydrogen (secondary N) is 1. The summed E-state index contributed by atoms with van der Waals surface area (Å²) in [6, 6.07) is 3.74. The first-order chi connectivity index (χ1) is 8.41. The molecule has 4 heteroatoms. The average molecular weight is 249 g/mol. The number of carbonyl (C=O) groups is 1. The highest BCUT2D eigenvalue weighted by Crippen LogP contribution is 2.32. The fraction of sp³-hybridized carbons (Fsp3) is 0.643. The Hall–Kier alpha value is -1.29. The van der Waals surface area contributed by atoms with Gasteiger partial charge in [-0.15, -0.1) is 0 Å². The fourth-order valence-corrected chi connectivity index (χ4v) is 2.45. The summed E-state index contributed by atoms with van der Waals surface area (Å²) >= 11 is 0. The Morgan fingerprint density at radius 3 is 2.83 bits per heavy atom. The van der Waals surface area contributed by atoms with Gasteiger partial charge in [0.25, 0.3) is 0 Å². The SMILES string of the molecule is CC(C)(C)[C@H](N)C(=O)N1CCCC1c1ccc[nH]1. The number of hydrogen-bond donors (Lipinski definition) is 2. The molecule has 1 fully saturated rings. The lowest BCUT2D eigenvalue weighted by molar-refractivity contribution is -0.136. The number of nitrogens with zero attached hydrogens (tertiary/aromatic N) is 1. The summed E-state index contributed by atoms with van der Waals surface area (Å²) in [4.78, 5) is 17.6. The van der Waals surface area contributed by atoms with E-state index in [1.165, 1.54) is 0 Å². The fourth-order valence-electron chi connectivity index (χ4n) is 2.45. The van der Waals surface area contributed by atoms with E-state index in [0.29, 0.717) is 0 Å². The van der Waals surface area contributed by atoms with E-state index in [2.05, 4.69) is 4.98 Å². The zero-order valence-electron chi connectivity index (χ0n) is 11.4. The van der Waals surface area contributed by atoms with Crippen LogP contribution in [0.2, 0.25) is 0 Å². The molecule has 4 nitrogen and oxygen atoms in total. The highest BCUT2D eigenvalue weighted by Gasteiger charge is 2.37. The van der Waals surface area contributed by atoms with Crippen molar-refractivity contribution in [2.45, 2.75) is 45.7 Å². The number of H-pyrrole nitrogens is 1. The lowest BCUT2D eigenvalue weighted by atomic mass is 9.86. The Morgan fingerprint density at radius 1 is 1.56 bits per heavy atom. The van der Waals surface area contributed by atoms with Gasteiger partial charge in [0.05, 0.1) is 12.1 Å². The molecule has 18 heavy (non-hydrogen) atoms. The molecule has 2 rings (SSSR count). The van der Waals surface area contributed by atoms with E-state index in [0.717, 1.165) is 25.1 Å². The molecule has 0 saturated carbocycles. The van der Waals surface area contributed by atoms with Crippen molar-refractivity contribution in [3.8, 4) is 0 Å². The van der Waals surface area contributed by atoms with Crippen molar-refractivity contribution in [1.82, 2.24) is 9.88 Å². The number of aromatic amines is 1. The zero-order chi connectivity index (χ0) is 13.3. The Labute approximate surface area is 109 Å². The Balaban J connectivity index is 2.15. The van der Waals surface area contributed by atoms with E-state index in [1.807, 2.05) is 44.0 Å². The smallest absolute Gasteiger partial charge is 0.240 e. The molecule has 1 amide bonds. The van der Waals surface area contributed by atoms with Crippen molar-refractivity contribution in [1.29, 1.82) is 0 Å². The van der Waals surface area contributed by atoms with Crippen molar-refractivity contribution in [2.24, 2.45) is 11.1 Å². The van der Waals surface area contributed by atoms with Gasteiger partial charge in [0, 0.05) is 18.4 Å². The molecular weight excluding hydrogens is 226 g/mol. The van der Waals surface area contributed by atoms with Crippen LogP contribution in [0.1, 0.15) is 45.3 Å². The predicted molar refractivity (Wildman–Crippen MR) is 71.9 cm³/mol. The third-order valence-electron chi connectivity index (χ3n) is 3.72. The number of likely N-dealkylation sites (tertiary alicyclic amines) is 1. The first-order valence-electron chi connectivity index (χ1n) is 6.60. The number of carbonyl (C=O) groups excluding carboxylic acids is 1. The van der Waals surface area contributed by atoms with Crippen LogP contribution >= 0.6 is 0 Å². The molecule has 0 spiro atoms. The number of nitrogens with two attached hydrogens (primary N) is 1. The maximum atomic E-state index is 12.5. The van der Waals surface area contributed by atoms with Gasteiger partial charge in [0.2, 0.25) is 5.91 Å². The Morgan fingerprint density at radius 2 is 2.28 bits per heavy atom. The van der Waals surface area contributed by atoms with Crippen molar-refractivity contribution in [2.75, 3.05) is 6.54 Å². The minimum absolute atomic E-state index is 0.0691. The van der Waals surface area contributed by atoms with Crippen molar-refractivity contribution < 1.29 is 4.79 Å². The van der Waals surface area contributed by atoms with E-state index in [-0.39, 0.29) is 17.4 Å². The molecule has 0 radical (unpaired) electrons. The molecule has 1 aliphatic heterocycles. The van der Waals surface area contributed by atoms with Crippen LogP contribution in [0, 0.1) is 5.41 Å². The predicted octanol–water partition coefficient (Wildman–Crippen LogP) is 2.05. The molecule has 3 N–H and O–H groups in total. The molecule has 0 bridgehead atoms. The van der Waals surface area contributed by atoms with Crippen molar-refractivity contribution in [3.63, 3.8) is 0 Å². The second kappa shape index (κ2) is 4.76. The summed E-state index contributed by atoms with van der Waals surface area (Å²) < 4.78 is 0. The van der Waals surface area contributed by atoms with E-state index in [9.17, 15) is 4.79 Å². The number of hydrogen-bond acceptors (Lipinski definition) is 2. The summed E-state index contributed by atoms with van der Waals surface area (Å²) in [6.45, 7) is 6.84. The second-order valence-electron chi connectivity index (χ2n) is 6.16. The van der Waals surface area contributed by atoms with Crippen LogP contribution in [-0.4, -0.2) is 28.4 Å². The van der Waals surface area contributed by atoms with Gasteiger partial charge in [-0.2, -0.15) is 0 Å². The van der Waals surface area contributed by atoms with Crippen LogP contribution in [0.25, 0.3) is 0 Å². The van der Waals surface area contributed by atoms with Crippen LogP contribution in [0.4, 0.5) is 0 Å². The molecule has 100 valence electrons. The maximum Gasteiger partial charge on any atom is 0.240 e. The van der Waals surface area contributed by atoms with Gasteiger partial charge in [-0.05, 0) is 30.4 Å². The van der Waals surface area contributed by atoms with Crippen molar-refractivity contribution in [3.05, 3.63) is 24.0 Å². The van der Waals surface area contributed by atoms with Gasteiger partial charge >= 0.3 is 0 Å². The van der Waals surface area contributed by atoms with Crippen molar-refractivity contribution >= 4 is 5.91 Å². The normalized spacial score (nSPS) is 22.2. The Bertz CT molecular complexity index is 405. The quantitative estimate of drug-likeness (QED) is 0.842. The molecule has 1 saturated heterocycles. The van der Waals surface area contributed by atoms with Gasteiger partial charge in [-0.3, -0.25) is 4.79 Å². The summed E-state index contributed by atoms with van der Waals surface area (Å²) in [6.07, 6.45) is 3.97. The summed E-state index contributed by atoms with van der Waals surface area (Å²) in [5, 5.41) is 0. The van der Waals surface area contributed by atoms with Gasteiger partial charge in [0.1, 0.15) is 0 Å². The Kier molecular flexibility index (Phi) is 3.48. The largest absolute Gasteiger partial charge is 0.363 e. The molecule has 1 aromatic rings. The van der Waals surface area contributed by atoms with E-state index in [1.54, 1.807) is 0 Å². The first-order valence-corrected chi connectivity index (χ1v) is 6.60. The molecule has 0 aromatic carbocycles. The molecular formula is C14H23N3O. The average Bonchev–Trinajstić information content (AvgIpc) is 2.95. The van der Waals surface area contributed by atoms with Crippen LogP contribution in [0.3, 0.4) is 0 Å². The standard InChI is InChI=1S/C14H23N3O/c1-14(2,3)12(15)13(18)17-9-5-7-11(17)10-6-4-8-16-10/h4,6,8,11-12,16H,5,7,9,15H2,1-3H3/t11?,12-/m1/s1. The zero-order valence-corrected chi connectivity index (χ0v) is 11.4. The number of rotatable bonds is 2. The monoisotopic (exact) mass is 249 g/mol. The molecule has 0 aliphatic carbocycles. The van der Waals surface area contributed by atoms with Crippen LogP contribution < -0.4 is 5.73 Å². The molecule has 1 unspecified atom stereocenters. The highest BCUT2D eigenvalue weighted by molar-refractivity contribution is 5.83. The van der Waals surface area contributed by atoms with E-state index >= 15 is 0 Å². The number of aromatic nitrogens is 1. The van der Waals surface area contributed by atoms with E-state index in [4.69, 9.17) is 5.73 Å². The van der Waals surface area contributed by atoms with Gasteiger partial charge in [0.15, 0.2) is 0 Å². The minimum Gasteiger partial charge on any atom is -0.363 e. The second-order valence-corrected chi connectivity index (χ2v) is 6.16. The number of amides is 1. The highest BCUT2D eigenvalue weighted by atomic mass is 16.2. The molecule has 1 aromatic heterocycles. The minimum atomic E-state index is -0.437. The summed E-state index contributed by atoms with van der Waals surface area (Å²) in [5.41, 5.74) is 7.01. The van der Waals surface area contributed by atoms with Gasteiger partial charge < -0.3 is 15.6 Å². The first kappa shape index (κ1) is 13.1. The summed E-state index contributed by atoms with van der Waals surface area (Å²) in [7, 11) is 0. The molecule has 2 heterocycles. The van der Waals surface area contributed by atoms with Gasteiger partial charge in [-0.25, -0.2) is 0 Å². The molecule has 1 aliphatic rings. The topological polar surface area (TPSA) is 62.1 Å². The third kappa shape index (κ3) is 2.43.